The van der Waals surface area contributed by atoms with Crippen molar-refractivity contribution in [2.75, 3.05) is 18.1 Å². The topological polar surface area (TPSA) is 97.6 Å². The molecule has 1 aromatic rings. The van der Waals surface area contributed by atoms with Crippen molar-refractivity contribution >= 4 is 21.4 Å². The second kappa shape index (κ2) is 7.34. The number of hydrogen-bond donors (Lipinski definition) is 0. The van der Waals surface area contributed by atoms with Crippen molar-refractivity contribution in [3.8, 4) is 0 Å². The van der Waals surface area contributed by atoms with E-state index in [2.05, 4.69) is 0 Å². The van der Waals surface area contributed by atoms with Gasteiger partial charge in [-0.1, -0.05) is 33.8 Å². The lowest BCUT2D eigenvalue weighted by atomic mass is 9.85. The van der Waals surface area contributed by atoms with E-state index in [1.54, 1.807) is 17.0 Å². The zero-order chi connectivity index (χ0) is 19.7. The summed E-state index contributed by atoms with van der Waals surface area (Å²) in [7, 11) is -3.12. The Morgan fingerprint density at radius 3 is 2.46 bits per heavy atom. The van der Waals surface area contributed by atoms with Gasteiger partial charge in [-0.05, 0) is 24.3 Å². The van der Waals surface area contributed by atoms with E-state index in [1.807, 2.05) is 27.7 Å². The maximum absolute atomic E-state index is 13.0. The molecule has 7 nitrogen and oxygen atoms in total. The van der Waals surface area contributed by atoms with Gasteiger partial charge >= 0.3 is 0 Å². The van der Waals surface area contributed by atoms with Crippen molar-refractivity contribution in [2.45, 2.75) is 52.0 Å². The molecule has 0 aromatic heterocycles. The zero-order valence-electron chi connectivity index (χ0n) is 15.7. The third kappa shape index (κ3) is 4.41. The number of carbonyl (C=O) groups excluding carboxylic acids is 1. The molecule has 1 aliphatic heterocycles. The van der Waals surface area contributed by atoms with Crippen LogP contribution in [0.1, 0.15) is 56.5 Å². The Kier molecular flexibility index (Phi) is 5.75. The normalized spacial score (nSPS) is 19.3. The van der Waals surface area contributed by atoms with Crippen LogP contribution in [-0.2, 0) is 15.3 Å². The van der Waals surface area contributed by atoms with E-state index in [9.17, 15) is 23.3 Å². The van der Waals surface area contributed by atoms with E-state index in [4.69, 9.17) is 0 Å². The number of hydrogen-bond acceptors (Lipinski definition) is 5. The van der Waals surface area contributed by atoms with Crippen LogP contribution in [-0.4, -0.2) is 48.2 Å². The van der Waals surface area contributed by atoms with Crippen molar-refractivity contribution < 1.29 is 18.1 Å². The van der Waals surface area contributed by atoms with Gasteiger partial charge in [0.2, 0.25) is 0 Å². The van der Waals surface area contributed by atoms with E-state index in [0.29, 0.717) is 24.9 Å². The lowest BCUT2D eigenvalue weighted by Crippen LogP contribution is -2.41. The Morgan fingerprint density at radius 2 is 2.00 bits per heavy atom. The minimum Gasteiger partial charge on any atom is -0.335 e. The summed E-state index contributed by atoms with van der Waals surface area (Å²) in [5, 5.41) is 11.5. The molecule has 1 unspecified atom stereocenters. The molecule has 2 rings (SSSR count). The van der Waals surface area contributed by atoms with Gasteiger partial charge in [-0.25, -0.2) is 8.42 Å². The number of amides is 1. The monoisotopic (exact) mass is 382 g/mol. The van der Waals surface area contributed by atoms with E-state index >= 15 is 0 Å². The van der Waals surface area contributed by atoms with Crippen LogP contribution in [0.15, 0.2) is 18.2 Å². The Labute approximate surface area is 154 Å². The fraction of sp³-hybridized carbons (Fsp3) is 0.611. The van der Waals surface area contributed by atoms with E-state index < -0.39 is 20.2 Å². The number of rotatable bonds is 5. The molecule has 0 N–H and O–H groups in total. The van der Waals surface area contributed by atoms with Crippen LogP contribution in [0.4, 0.5) is 5.69 Å². The number of nitro benzene ring substituents is 1. The molecule has 0 spiro atoms. The average molecular weight is 382 g/mol. The van der Waals surface area contributed by atoms with Crippen molar-refractivity contribution in [1.29, 1.82) is 0 Å². The van der Waals surface area contributed by atoms with Crippen molar-refractivity contribution in [3.63, 3.8) is 0 Å². The summed E-state index contributed by atoms with van der Waals surface area (Å²) in [5.41, 5.74) is 0.276. The minimum atomic E-state index is -3.12. The van der Waals surface area contributed by atoms with Gasteiger partial charge in [0.1, 0.15) is 0 Å². The molecule has 144 valence electrons. The number of nitrogens with zero attached hydrogens (tertiary/aromatic N) is 2. The van der Waals surface area contributed by atoms with Gasteiger partial charge in [0.15, 0.2) is 9.84 Å². The SMILES string of the molecule is CCCN(C(=O)c1ccc(C(C)(C)C)c([N+](=O)[O-])c1)C1CCS(=O)(=O)C1. The Morgan fingerprint density at radius 1 is 1.35 bits per heavy atom. The minimum absolute atomic E-state index is 0.0408. The molecule has 1 fully saturated rings. The first-order valence-electron chi connectivity index (χ1n) is 8.76. The van der Waals surface area contributed by atoms with Gasteiger partial charge < -0.3 is 4.90 Å². The van der Waals surface area contributed by atoms with Gasteiger partial charge in [0.05, 0.1) is 16.4 Å². The van der Waals surface area contributed by atoms with Crippen LogP contribution in [0, 0.1) is 10.1 Å². The molecule has 1 aliphatic rings. The maximum Gasteiger partial charge on any atom is 0.273 e. The van der Waals surface area contributed by atoms with Crippen LogP contribution in [0.25, 0.3) is 0 Å². The molecule has 1 atom stereocenters. The van der Waals surface area contributed by atoms with E-state index in [1.165, 1.54) is 6.07 Å². The molecule has 8 heteroatoms. The summed E-state index contributed by atoms with van der Waals surface area (Å²) < 4.78 is 23.6. The number of carbonyl (C=O) groups is 1. The van der Waals surface area contributed by atoms with Crippen LogP contribution >= 0.6 is 0 Å². The second-order valence-electron chi connectivity index (χ2n) is 7.79. The summed E-state index contributed by atoms with van der Waals surface area (Å²) in [6, 6.07) is 4.17. The number of sulfone groups is 1. The highest BCUT2D eigenvalue weighted by Crippen LogP contribution is 2.32. The molecule has 1 heterocycles. The van der Waals surface area contributed by atoms with Crippen LogP contribution in [0.5, 0.6) is 0 Å². The van der Waals surface area contributed by atoms with Gasteiger partial charge in [0.25, 0.3) is 11.6 Å². The van der Waals surface area contributed by atoms with Crippen LogP contribution < -0.4 is 0 Å². The van der Waals surface area contributed by atoms with Crippen LogP contribution in [0.2, 0.25) is 0 Å². The van der Waals surface area contributed by atoms with Crippen molar-refractivity contribution in [2.24, 2.45) is 0 Å². The summed E-state index contributed by atoms with van der Waals surface area (Å²) >= 11 is 0. The standard InChI is InChI=1S/C18H26N2O5S/c1-5-9-19(14-8-10-26(24,25)12-14)17(21)13-6-7-15(18(2,3)4)16(11-13)20(22)23/h6-7,11,14H,5,8-10,12H2,1-4H3. The molecule has 26 heavy (non-hydrogen) atoms. The third-order valence-corrected chi connectivity index (χ3v) is 6.37. The molecule has 1 aromatic carbocycles. The maximum atomic E-state index is 13.0. The first-order chi connectivity index (χ1) is 12.0. The van der Waals surface area contributed by atoms with E-state index in [0.717, 1.165) is 0 Å². The van der Waals surface area contributed by atoms with Gasteiger partial charge in [0, 0.05) is 29.8 Å². The smallest absolute Gasteiger partial charge is 0.273 e. The Bertz CT molecular complexity index is 811. The van der Waals surface area contributed by atoms with E-state index in [-0.39, 0.29) is 34.7 Å². The summed E-state index contributed by atoms with van der Waals surface area (Å²) in [4.78, 5) is 25.5. The first kappa shape index (κ1) is 20.4. The Balaban J connectivity index is 2.40. The second-order valence-corrected chi connectivity index (χ2v) is 10.0. The largest absolute Gasteiger partial charge is 0.335 e. The molecule has 1 saturated heterocycles. The fourth-order valence-electron chi connectivity index (χ4n) is 3.33. The van der Waals surface area contributed by atoms with Gasteiger partial charge in [-0.15, -0.1) is 0 Å². The van der Waals surface area contributed by atoms with Gasteiger partial charge in [-0.3, -0.25) is 14.9 Å². The molecule has 0 aliphatic carbocycles. The molecular formula is C18H26N2O5S. The third-order valence-electron chi connectivity index (χ3n) is 4.62. The zero-order valence-corrected chi connectivity index (χ0v) is 16.5. The molecular weight excluding hydrogens is 356 g/mol. The quantitative estimate of drug-likeness (QED) is 0.576. The predicted molar refractivity (Wildman–Crippen MR) is 100 cm³/mol. The highest BCUT2D eigenvalue weighted by molar-refractivity contribution is 7.91. The molecule has 0 radical (unpaired) electrons. The van der Waals surface area contributed by atoms with Crippen molar-refractivity contribution in [3.05, 3.63) is 39.4 Å². The molecule has 1 amide bonds. The fourth-order valence-corrected chi connectivity index (χ4v) is 5.06. The summed E-state index contributed by atoms with van der Waals surface area (Å²) in [5.74, 6) is -0.313. The first-order valence-corrected chi connectivity index (χ1v) is 10.6. The summed E-state index contributed by atoms with van der Waals surface area (Å²) in [6.07, 6.45) is 1.10. The Hall–Kier alpha value is -1.96. The highest BCUT2D eigenvalue weighted by atomic mass is 32.2. The summed E-state index contributed by atoms with van der Waals surface area (Å²) in [6.45, 7) is 7.97. The number of nitro groups is 1. The lowest BCUT2D eigenvalue weighted by Gasteiger charge is -2.28. The molecule has 0 saturated carbocycles. The van der Waals surface area contributed by atoms with Crippen LogP contribution in [0.3, 0.4) is 0 Å². The van der Waals surface area contributed by atoms with Gasteiger partial charge in [-0.2, -0.15) is 0 Å². The van der Waals surface area contributed by atoms with Crippen molar-refractivity contribution in [1.82, 2.24) is 4.90 Å². The average Bonchev–Trinajstić information content (AvgIpc) is 2.90. The molecule has 0 bridgehead atoms. The number of benzene rings is 1. The highest BCUT2D eigenvalue weighted by Gasteiger charge is 2.35. The predicted octanol–water partition coefficient (Wildman–Crippen LogP) is 2.93. The lowest BCUT2D eigenvalue weighted by molar-refractivity contribution is -0.386.